The molecule has 0 unspecified atom stereocenters. The Kier molecular flexibility index (Phi) is 9.42. The van der Waals surface area contributed by atoms with Gasteiger partial charge in [0.15, 0.2) is 0 Å². The number of carboxylic acids is 1. The van der Waals surface area contributed by atoms with Gasteiger partial charge in [0.2, 0.25) is 11.8 Å². The Morgan fingerprint density at radius 1 is 1.05 bits per heavy atom. The summed E-state index contributed by atoms with van der Waals surface area (Å²) in [4.78, 5) is 38.9. The van der Waals surface area contributed by atoms with Crippen LogP contribution in [-0.2, 0) is 19.1 Å². The maximum absolute atomic E-state index is 13.5. The lowest BCUT2D eigenvalue weighted by molar-refractivity contribution is -0.141. The number of rotatable bonds is 13. The predicted molar refractivity (Wildman–Crippen MR) is 145 cm³/mol. The van der Waals surface area contributed by atoms with E-state index in [1.165, 1.54) is 21.6 Å². The molecule has 7 nitrogen and oxygen atoms in total. The summed E-state index contributed by atoms with van der Waals surface area (Å²) < 4.78 is 6.32. The van der Waals surface area contributed by atoms with Crippen molar-refractivity contribution in [2.24, 2.45) is 17.8 Å². The number of ether oxygens (including phenoxy) is 1. The lowest BCUT2D eigenvalue weighted by Gasteiger charge is -2.31. The number of para-hydroxylation sites is 1. The standard InChI is InChI=1S/C31H41NO6/c1-3-10-20(17-22-11-7-8-12-25(22)33)14-15-26-28-21(4-2)18-23-29(24(28)19-38-26)31(37)32(30(23)36)16-9-5-6-13-27(34)35/h7-8,11-12,17,23-24,26,29,33H,3-6,9-10,13-16,18-19H2,1-2H3,(H,34,35)/b20-17+/t23-,24+,26-,29-/m1/s1. The molecular formula is C31H41NO6. The molecule has 0 spiro atoms. The number of allylic oxidation sites excluding steroid dienone is 2. The largest absolute Gasteiger partial charge is 0.507 e. The highest BCUT2D eigenvalue weighted by molar-refractivity contribution is 6.05. The number of nitrogens with zero attached hydrogens (tertiary/aromatic N) is 1. The number of carbonyl (C=O) groups excluding carboxylic acids is 2. The number of amides is 2. The first-order chi connectivity index (χ1) is 18.3. The maximum atomic E-state index is 13.5. The lowest BCUT2D eigenvalue weighted by atomic mass is 9.69. The van der Waals surface area contributed by atoms with Crippen molar-refractivity contribution in [2.45, 2.75) is 84.2 Å². The first-order valence-electron chi connectivity index (χ1n) is 14.2. The molecule has 2 saturated heterocycles. The minimum absolute atomic E-state index is 0.0427. The Labute approximate surface area is 225 Å². The average Bonchev–Trinajstić information content (AvgIpc) is 3.42. The number of imide groups is 1. The number of benzene rings is 1. The smallest absolute Gasteiger partial charge is 0.303 e. The topological polar surface area (TPSA) is 104 Å². The molecule has 4 rings (SSSR count). The van der Waals surface area contributed by atoms with Crippen LogP contribution in [0.3, 0.4) is 0 Å². The van der Waals surface area contributed by atoms with Crippen LogP contribution in [0, 0.1) is 17.8 Å². The molecule has 1 aliphatic carbocycles. The summed E-state index contributed by atoms with van der Waals surface area (Å²) in [7, 11) is 0. The molecule has 2 fully saturated rings. The van der Waals surface area contributed by atoms with E-state index in [-0.39, 0.29) is 47.8 Å². The second kappa shape index (κ2) is 12.7. The number of aliphatic carboxylic acids is 1. The van der Waals surface area contributed by atoms with Crippen LogP contribution in [-0.4, -0.2) is 52.2 Å². The molecule has 2 aliphatic heterocycles. The van der Waals surface area contributed by atoms with Gasteiger partial charge in [0.1, 0.15) is 5.75 Å². The van der Waals surface area contributed by atoms with Gasteiger partial charge in [0.25, 0.3) is 0 Å². The van der Waals surface area contributed by atoms with Crippen LogP contribution in [0.25, 0.3) is 6.08 Å². The van der Waals surface area contributed by atoms with E-state index in [9.17, 15) is 19.5 Å². The fraction of sp³-hybridized carbons (Fsp3) is 0.581. The highest BCUT2D eigenvalue weighted by atomic mass is 16.5. The molecule has 0 aromatic heterocycles. The van der Waals surface area contributed by atoms with Crippen LogP contribution in [0.5, 0.6) is 5.75 Å². The molecule has 1 aromatic rings. The lowest BCUT2D eigenvalue weighted by Crippen LogP contribution is -2.34. The molecular weight excluding hydrogens is 482 g/mol. The molecule has 3 aliphatic rings. The van der Waals surface area contributed by atoms with E-state index in [0.717, 1.165) is 37.7 Å². The average molecular weight is 524 g/mol. The zero-order valence-corrected chi connectivity index (χ0v) is 22.7. The van der Waals surface area contributed by atoms with Crippen molar-refractivity contribution in [3.05, 3.63) is 46.5 Å². The highest BCUT2D eigenvalue weighted by Gasteiger charge is 2.56. The van der Waals surface area contributed by atoms with Crippen molar-refractivity contribution in [3.63, 3.8) is 0 Å². The number of likely N-dealkylation sites (tertiary alicyclic amines) is 1. The molecule has 2 N–H and O–H groups in total. The fourth-order valence-electron chi connectivity index (χ4n) is 6.56. The first kappa shape index (κ1) is 28.1. The molecule has 206 valence electrons. The summed E-state index contributed by atoms with van der Waals surface area (Å²) in [6.45, 7) is 5.12. The van der Waals surface area contributed by atoms with Gasteiger partial charge in [-0.15, -0.1) is 0 Å². The Balaban J connectivity index is 1.44. The van der Waals surface area contributed by atoms with E-state index in [1.54, 1.807) is 6.07 Å². The molecule has 38 heavy (non-hydrogen) atoms. The van der Waals surface area contributed by atoms with Gasteiger partial charge in [0, 0.05) is 24.4 Å². The zero-order valence-electron chi connectivity index (χ0n) is 22.7. The summed E-state index contributed by atoms with van der Waals surface area (Å²) in [6, 6.07) is 7.38. The summed E-state index contributed by atoms with van der Waals surface area (Å²) in [5.74, 6) is -1.37. The van der Waals surface area contributed by atoms with E-state index in [1.807, 2.05) is 18.2 Å². The van der Waals surface area contributed by atoms with Gasteiger partial charge in [-0.2, -0.15) is 0 Å². The van der Waals surface area contributed by atoms with Crippen LogP contribution in [0.15, 0.2) is 41.0 Å². The third-order valence-electron chi connectivity index (χ3n) is 8.39. The zero-order chi connectivity index (χ0) is 27.2. The van der Waals surface area contributed by atoms with Crippen molar-refractivity contribution in [1.29, 1.82) is 0 Å². The minimum Gasteiger partial charge on any atom is -0.507 e. The van der Waals surface area contributed by atoms with Crippen molar-refractivity contribution in [2.75, 3.05) is 13.2 Å². The van der Waals surface area contributed by atoms with Crippen molar-refractivity contribution in [1.82, 2.24) is 4.90 Å². The Morgan fingerprint density at radius 3 is 2.55 bits per heavy atom. The van der Waals surface area contributed by atoms with Gasteiger partial charge in [0.05, 0.1) is 24.5 Å². The Bertz CT molecular complexity index is 1110. The van der Waals surface area contributed by atoms with Gasteiger partial charge in [-0.25, -0.2) is 0 Å². The number of unbranched alkanes of at least 4 members (excludes halogenated alkanes) is 2. The molecule has 7 heteroatoms. The number of hydrogen-bond donors (Lipinski definition) is 2. The summed E-state index contributed by atoms with van der Waals surface area (Å²) in [5, 5.41) is 19.1. The number of fused-ring (bicyclic) bond motifs is 3. The van der Waals surface area contributed by atoms with Gasteiger partial charge in [-0.3, -0.25) is 19.3 Å². The van der Waals surface area contributed by atoms with Gasteiger partial charge in [-0.05, 0) is 56.6 Å². The molecule has 2 heterocycles. The monoisotopic (exact) mass is 523 g/mol. The third kappa shape index (κ3) is 6.04. The number of carbonyl (C=O) groups is 3. The third-order valence-corrected chi connectivity index (χ3v) is 8.39. The van der Waals surface area contributed by atoms with Crippen molar-refractivity contribution >= 4 is 23.9 Å². The maximum Gasteiger partial charge on any atom is 0.303 e. The van der Waals surface area contributed by atoms with E-state index in [0.29, 0.717) is 38.8 Å². The second-order valence-electron chi connectivity index (χ2n) is 10.9. The van der Waals surface area contributed by atoms with Gasteiger partial charge >= 0.3 is 5.97 Å². The molecule has 1 aromatic carbocycles. The van der Waals surface area contributed by atoms with Crippen LogP contribution < -0.4 is 0 Å². The number of carboxylic acid groups (broad SMARTS) is 1. The molecule has 0 saturated carbocycles. The van der Waals surface area contributed by atoms with Crippen LogP contribution >= 0.6 is 0 Å². The summed E-state index contributed by atoms with van der Waals surface area (Å²) >= 11 is 0. The van der Waals surface area contributed by atoms with Gasteiger partial charge < -0.3 is 14.9 Å². The Hall–Kier alpha value is -2.93. The highest BCUT2D eigenvalue weighted by Crippen LogP contribution is 2.50. The van der Waals surface area contributed by atoms with Crippen LogP contribution in [0.2, 0.25) is 0 Å². The fourth-order valence-corrected chi connectivity index (χ4v) is 6.56. The normalized spacial score (nSPS) is 25.2. The molecule has 0 radical (unpaired) electrons. The first-order valence-corrected chi connectivity index (χ1v) is 14.2. The quantitative estimate of drug-likeness (QED) is 0.194. The SMILES string of the molecule is CCC/C(=C\c1ccccc1O)CC[C@H]1OC[C@H]2C1=C(CC)C[C@H]1C(=O)N(CCCCCC(=O)O)C(=O)[C@H]12. The Morgan fingerprint density at radius 2 is 1.84 bits per heavy atom. The van der Waals surface area contributed by atoms with E-state index >= 15 is 0 Å². The van der Waals surface area contributed by atoms with Crippen molar-refractivity contribution < 1.29 is 29.3 Å². The number of aromatic hydroxyl groups is 1. The summed E-state index contributed by atoms with van der Waals surface area (Å²) in [5.41, 5.74) is 4.62. The van der Waals surface area contributed by atoms with Crippen LogP contribution in [0.1, 0.15) is 83.6 Å². The molecule has 4 atom stereocenters. The predicted octanol–water partition coefficient (Wildman–Crippen LogP) is 5.73. The van der Waals surface area contributed by atoms with Crippen molar-refractivity contribution in [3.8, 4) is 5.75 Å². The second-order valence-corrected chi connectivity index (χ2v) is 10.9. The number of hydrogen-bond acceptors (Lipinski definition) is 5. The van der Waals surface area contributed by atoms with E-state index in [4.69, 9.17) is 9.84 Å². The molecule has 0 bridgehead atoms. The summed E-state index contributed by atoms with van der Waals surface area (Å²) in [6.07, 6.45) is 9.15. The van der Waals surface area contributed by atoms with E-state index in [2.05, 4.69) is 19.9 Å². The number of phenols is 1. The van der Waals surface area contributed by atoms with Crippen LogP contribution in [0.4, 0.5) is 0 Å². The molecule has 2 amide bonds. The number of phenolic OH excluding ortho intramolecular Hbond substituents is 1. The van der Waals surface area contributed by atoms with Gasteiger partial charge in [-0.1, -0.05) is 62.1 Å². The minimum atomic E-state index is -0.818. The van der Waals surface area contributed by atoms with E-state index < -0.39 is 5.97 Å².